The van der Waals surface area contributed by atoms with E-state index in [1.54, 1.807) is 24.3 Å². The predicted octanol–water partition coefficient (Wildman–Crippen LogP) is 3.60. The number of anilines is 1. The Bertz CT molecular complexity index is 882. The fourth-order valence-corrected chi connectivity index (χ4v) is 3.90. The molecule has 2 aromatic rings. The Balaban J connectivity index is 1.98. The summed E-state index contributed by atoms with van der Waals surface area (Å²) in [4.78, 5) is 14.6. The summed E-state index contributed by atoms with van der Waals surface area (Å²) >= 11 is 5.81. The number of nitrogens with zero attached hydrogens (tertiary/aromatic N) is 1. The van der Waals surface area contributed by atoms with Crippen LogP contribution in [-0.4, -0.2) is 44.9 Å². The van der Waals surface area contributed by atoms with Crippen LogP contribution in [0.1, 0.15) is 31.1 Å². The highest BCUT2D eigenvalue weighted by molar-refractivity contribution is 7.92. The number of hydrogen-bond donors (Lipinski definition) is 2. The highest BCUT2D eigenvalue weighted by atomic mass is 35.5. The van der Waals surface area contributed by atoms with Crippen molar-refractivity contribution in [3.63, 3.8) is 0 Å². The second kappa shape index (κ2) is 9.91. The summed E-state index contributed by atoms with van der Waals surface area (Å²) in [7, 11) is -3.74. The number of amides is 1. The highest BCUT2D eigenvalue weighted by Crippen LogP contribution is 2.18. The van der Waals surface area contributed by atoms with Gasteiger partial charge in [-0.1, -0.05) is 18.5 Å². The van der Waals surface area contributed by atoms with Crippen molar-refractivity contribution in [2.24, 2.45) is 0 Å². The van der Waals surface area contributed by atoms with E-state index in [0.717, 1.165) is 13.1 Å². The molecule has 2 rings (SSSR count). The van der Waals surface area contributed by atoms with Gasteiger partial charge in [0.2, 0.25) is 0 Å². The first-order valence-corrected chi connectivity index (χ1v) is 11.0. The van der Waals surface area contributed by atoms with Gasteiger partial charge in [0.25, 0.3) is 15.9 Å². The van der Waals surface area contributed by atoms with Gasteiger partial charge >= 0.3 is 0 Å². The lowest BCUT2D eigenvalue weighted by Crippen LogP contribution is -2.38. The highest BCUT2D eigenvalue weighted by Gasteiger charge is 2.15. The molecule has 0 saturated heterocycles. The number of nitrogens with one attached hydrogen (secondary N) is 2. The zero-order chi connectivity index (χ0) is 20.7. The third kappa shape index (κ3) is 6.22. The van der Waals surface area contributed by atoms with E-state index in [4.69, 9.17) is 11.6 Å². The fourth-order valence-electron chi connectivity index (χ4n) is 2.71. The van der Waals surface area contributed by atoms with E-state index in [2.05, 4.69) is 35.7 Å². The van der Waals surface area contributed by atoms with Gasteiger partial charge in [0.05, 0.1) is 4.90 Å². The molecule has 0 aliphatic carbocycles. The van der Waals surface area contributed by atoms with Crippen LogP contribution >= 0.6 is 11.6 Å². The van der Waals surface area contributed by atoms with Gasteiger partial charge in [-0.3, -0.25) is 14.4 Å². The second-order valence-electron chi connectivity index (χ2n) is 6.62. The number of rotatable bonds is 9. The van der Waals surface area contributed by atoms with Gasteiger partial charge in [-0.25, -0.2) is 8.42 Å². The Morgan fingerprint density at radius 1 is 1.07 bits per heavy atom. The van der Waals surface area contributed by atoms with Crippen molar-refractivity contribution in [1.82, 2.24) is 10.2 Å². The number of halogens is 1. The molecule has 0 bridgehead atoms. The molecule has 0 aliphatic heterocycles. The van der Waals surface area contributed by atoms with Gasteiger partial charge < -0.3 is 5.32 Å². The minimum atomic E-state index is -3.74. The average Bonchev–Trinajstić information content (AvgIpc) is 2.66. The van der Waals surface area contributed by atoms with Gasteiger partial charge in [-0.05, 0) is 68.9 Å². The fraction of sp³-hybridized carbons (Fsp3) is 0.350. The van der Waals surface area contributed by atoms with Crippen molar-refractivity contribution in [3.05, 3.63) is 59.1 Å². The third-order valence-electron chi connectivity index (χ3n) is 4.34. The molecule has 2 N–H and O–H groups in total. The molecule has 1 amide bonds. The van der Waals surface area contributed by atoms with Crippen LogP contribution < -0.4 is 10.0 Å². The molecular formula is C20H26ClN3O3S. The molecule has 0 heterocycles. The summed E-state index contributed by atoms with van der Waals surface area (Å²) in [5, 5.41) is 3.39. The Labute approximate surface area is 171 Å². The first-order chi connectivity index (χ1) is 13.2. The van der Waals surface area contributed by atoms with E-state index >= 15 is 0 Å². The first-order valence-electron chi connectivity index (χ1n) is 9.13. The molecule has 0 radical (unpaired) electrons. The topological polar surface area (TPSA) is 78.5 Å². The van der Waals surface area contributed by atoms with Crippen molar-refractivity contribution in [2.75, 3.05) is 24.4 Å². The molecule has 0 aliphatic rings. The van der Waals surface area contributed by atoms with Crippen molar-refractivity contribution in [3.8, 4) is 0 Å². The van der Waals surface area contributed by atoms with E-state index in [9.17, 15) is 13.2 Å². The Morgan fingerprint density at radius 3 is 2.21 bits per heavy atom. The average molecular weight is 424 g/mol. The zero-order valence-electron chi connectivity index (χ0n) is 16.3. The molecule has 152 valence electrons. The molecule has 0 saturated carbocycles. The maximum absolute atomic E-state index is 12.5. The SMILES string of the molecule is CCN(CCNC(=O)c1ccc(S(=O)(=O)Nc2ccc(Cl)cc2)cc1)C(C)C. The van der Waals surface area contributed by atoms with Crippen molar-refractivity contribution >= 4 is 33.2 Å². The molecule has 0 unspecified atom stereocenters. The Morgan fingerprint density at radius 2 is 1.68 bits per heavy atom. The maximum atomic E-state index is 12.5. The van der Waals surface area contributed by atoms with E-state index < -0.39 is 10.0 Å². The zero-order valence-corrected chi connectivity index (χ0v) is 17.8. The van der Waals surface area contributed by atoms with Crippen molar-refractivity contribution in [1.29, 1.82) is 0 Å². The molecule has 6 nitrogen and oxygen atoms in total. The number of sulfonamides is 1. The Hall–Kier alpha value is -2.09. The lowest BCUT2D eigenvalue weighted by atomic mass is 10.2. The minimum Gasteiger partial charge on any atom is -0.351 e. The van der Waals surface area contributed by atoms with Crippen LogP contribution in [0.3, 0.4) is 0 Å². The summed E-state index contributed by atoms with van der Waals surface area (Å²) in [6.07, 6.45) is 0. The van der Waals surface area contributed by atoms with E-state index in [0.29, 0.717) is 28.9 Å². The van der Waals surface area contributed by atoms with Crippen molar-refractivity contribution in [2.45, 2.75) is 31.7 Å². The molecular weight excluding hydrogens is 398 g/mol. The molecule has 2 aromatic carbocycles. The van der Waals surface area contributed by atoms with E-state index in [1.807, 2.05) is 0 Å². The summed E-state index contributed by atoms with van der Waals surface area (Å²) in [6, 6.07) is 12.6. The lowest BCUT2D eigenvalue weighted by Gasteiger charge is -2.24. The number of hydrogen-bond acceptors (Lipinski definition) is 4. The van der Waals surface area contributed by atoms with Crippen LogP contribution in [0, 0.1) is 0 Å². The van der Waals surface area contributed by atoms with Gasteiger partial charge in [0.15, 0.2) is 0 Å². The largest absolute Gasteiger partial charge is 0.351 e. The number of carbonyl (C=O) groups excluding carboxylic acids is 1. The molecule has 0 spiro atoms. The molecule has 0 aromatic heterocycles. The monoisotopic (exact) mass is 423 g/mol. The summed E-state index contributed by atoms with van der Waals surface area (Å²) in [6.45, 7) is 8.52. The smallest absolute Gasteiger partial charge is 0.261 e. The van der Waals surface area contributed by atoms with Crippen LogP contribution in [0.4, 0.5) is 5.69 Å². The summed E-state index contributed by atoms with van der Waals surface area (Å²) in [5.74, 6) is -0.227. The number of benzene rings is 2. The third-order valence-corrected chi connectivity index (χ3v) is 5.99. The standard InChI is InChI=1S/C20H26ClN3O3S/c1-4-24(15(2)3)14-13-22-20(25)16-5-11-19(12-6-16)28(26,27)23-18-9-7-17(21)8-10-18/h5-12,15,23H,4,13-14H2,1-3H3,(H,22,25). The Kier molecular flexibility index (Phi) is 7.86. The van der Waals surface area contributed by atoms with Gasteiger partial charge in [0.1, 0.15) is 0 Å². The van der Waals surface area contributed by atoms with Gasteiger partial charge in [0, 0.05) is 35.4 Å². The van der Waals surface area contributed by atoms with Crippen LogP contribution in [-0.2, 0) is 10.0 Å². The predicted molar refractivity (Wildman–Crippen MR) is 113 cm³/mol. The maximum Gasteiger partial charge on any atom is 0.261 e. The van der Waals surface area contributed by atoms with Crippen LogP contribution in [0.2, 0.25) is 5.02 Å². The second-order valence-corrected chi connectivity index (χ2v) is 8.73. The van der Waals surface area contributed by atoms with Gasteiger partial charge in [-0.15, -0.1) is 0 Å². The summed E-state index contributed by atoms with van der Waals surface area (Å²) in [5.41, 5.74) is 0.829. The van der Waals surface area contributed by atoms with Crippen LogP contribution in [0.5, 0.6) is 0 Å². The van der Waals surface area contributed by atoms with Crippen LogP contribution in [0.15, 0.2) is 53.4 Å². The number of carbonyl (C=O) groups is 1. The number of likely N-dealkylation sites (N-methyl/N-ethyl adjacent to an activating group) is 1. The molecule has 0 fully saturated rings. The quantitative estimate of drug-likeness (QED) is 0.645. The summed E-state index contributed by atoms with van der Waals surface area (Å²) < 4.78 is 27.4. The van der Waals surface area contributed by atoms with E-state index in [-0.39, 0.29) is 10.8 Å². The van der Waals surface area contributed by atoms with Crippen molar-refractivity contribution < 1.29 is 13.2 Å². The minimum absolute atomic E-state index is 0.0796. The first kappa shape index (κ1) is 22.2. The normalized spacial score (nSPS) is 11.6. The molecule has 0 atom stereocenters. The van der Waals surface area contributed by atoms with E-state index in [1.165, 1.54) is 24.3 Å². The lowest BCUT2D eigenvalue weighted by molar-refractivity contribution is 0.0946. The molecule has 28 heavy (non-hydrogen) atoms. The van der Waals surface area contributed by atoms with Crippen LogP contribution in [0.25, 0.3) is 0 Å². The van der Waals surface area contributed by atoms with Gasteiger partial charge in [-0.2, -0.15) is 0 Å². The molecule has 8 heteroatoms.